The van der Waals surface area contributed by atoms with Gasteiger partial charge >= 0.3 is 0 Å². The van der Waals surface area contributed by atoms with E-state index in [1.807, 2.05) is 62.4 Å². The molecule has 1 amide bonds. The van der Waals surface area contributed by atoms with Gasteiger partial charge in [0.15, 0.2) is 0 Å². The number of anilines is 3. The van der Waals surface area contributed by atoms with Gasteiger partial charge in [-0.1, -0.05) is 30.3 Å². The first kappa shape index (κ1) is 21.2. The molecule has 2 heterocycles. The molecule has 0 saturated carbocycles. The summed E-state index contributed by atoms with van der Waals surface area (Å²) in [4.78, 5) is 24.9. The Morgan fingerprint density at radius 1 is 0.967 bits per heavy atom. The molecule has 0 radical (unpaired) electrons. The van der Waals surface area contributed by atoms with Gasteiger partial charge in [0.05, 0.1) is 6.61 Å². The molecule has 0 saturated heterocycles. The molecule has 30 heavy (non-hydrogen) atoms. The van der Waals surface area contributed by atoms with Gasteiger partial charge in [-0.2, -0.15) is 0 Å². The van der Waals surface area contributed by atoms with Crippen LogP contribution in [-0.2, 0) is 16.1 Å². The first-order chi connectivity index (χ1) is 14.6. The smallest absolute Gasteiger partial charge is 0.246 e. The minimum absolute atomic E-state index is 0.0269. The lowest BCUT2D eigenvalue weighted by atomic mass is 10.2. The van der Waals surface area contributed by atoms with Crippen molar-refractivity contribution >= 4 is 23.4 Å². The molecule has 0 unspecified atom stereocenters. The molecule has 3 aromatic rings. The number of carbonyl (C=O) groups excluding carboxylic acids is 1. The van der Waals surface area contributed by atoms with E-state index in [-0.39, 0.29) is 12.5 Å². The van der Waals surface area contributed by atoms with Crippen molar-refractivity contribution in [2.75, 3.05) is 30.3 Å². The van der Waals surface area contributed by atoms with E-state index in [2.05, 4.69) is 30.9 Å². The van der Waals surface area contributed by atoms with Gasteiger partial charge in [0.2, 0.25) is 5.91 Å². The number of hydrogen-bond acceptors (Lipinski definition) is 7. The van der Waals surface area contributed by atoms with Gasteiger partial charge in [-0.05, 0) is 37.1 Å². The van der Waals surface area contributed by atoms with Gasteiger partial charge in [-0.3, -0.25) is 4.79 Å². The third-order valence-corrected chi connectivity index (χ3v) is 4.11. The number of amides is 1. The fourth-order valence-corrected chi connectivity index (χ4v) is 2.74. The van der Waals surface area contributed by atoms with E-state index in [4.69, 9.17) is 4.74 Å². The fourth-order valence-electron chi connectivity index (χ4n) is 2.74. The van der Waals surface area contributed by atoms with Crippen molar-refractivity contribution in [3.63, 3.8) is 0 Å². The zero-order chi connectivity index (χ0) is 21.2. The molecule has 8 nitrogen and oxygen atoms in total. The fraction of sp³-hybridized carbons (Fsp3) is 0.273. The number of pyridine rings is 1. The number of rotatable bonds is 10. The summed E-state index contributed by atoms with van der Waals surface area (Å²) in [5.41, 5.74) is 2.15. The summed E-state index contributed by atoms with van der Waals surface area (Å²) in [6, 6.07) is 15.4. The topological polar surface area (TPSA) is 101 Å². The summed E-state index contributed by atoms with van der Waals surface area (Å²) in [6.07, 6.45) is 1.75. The van der Waals surface area contributed by atoms with Crippen LogP contribution in [0, 0.1) is 13.8 Å². The lowest BCUT2D eigenvalue weighted by molar-refractivity contribution is -0.126. The highest BCUT2D eigenvalue weighted by molar-refractivity contribution is 5.77. The Morgan fingerprint density at radius 3 is 2.57 bits per heavy atom. The van der Waals surface area contributed by atoms with Crippen molar-refractivity contribution in [3.8, 4) is 0 Å². The number of nitrogens with zero attached hydrogens (tertiary/aromatic N) is 3. The maximum atomic E-state index is 11.9. The molecule has 3 rings (SSSR count). The standard InChI is InChI=1S/C22H26N6O2/c1-16-8-9-23-19(12-16)28-21-13-20(26-17(2)27-21)24-10-11-25-22(29)15-30-14-18-6-4-3-5-7-18/h3-9,12-13H,10-11,14-15H2,1-2H3,(H,25,29)(H2,23,24,26,27,28). The van der Waals surface area contributed by atoms with E-state index in [1.54, 1.807) is 6.20 Å². The number of benzene rings is 1. The van der Waals surface area contributed by atoms with Crippen LogP contribution in [0.15, 0.2) is 54.7 Å². The lowest BCUT2D eigenvalue weighted by Crippen LogP contribution is -2.31. The monoisotopic (exact) mass is 406 g/mol. The first-order valence-corrected chi connectivity index (χ1v) is 9.76. The molecular weight excluding hydrogens is 380 g/mol. The maximum Gasteiger partial charge on any atom is 0.246 e. The van der Waals surface area contributed by atoms with Crippen LogP contribution in [0.4, 0.5) is 17.5 Å². The molecule has 0 aliphatic rings. The number of nitrogens with one attached hydrogen (secondary N) is 3. The number of carbonyl (C=O) groups is 1. The van der Waals surface area contributed by atoms with Crippen molar-refractivity contribution in [3.05, 3.63) is 71.7 Å². The highest BCUT2D eigenvalue weighted by Gasteiger charge is 2.05. The van der Waals surface area contributed by atoms with Gasteiger partial charge < -0.3 is 20.7 Å². The van der Waals surface area contributed by atoms with Crippen molar-refractivity contribution in [2.45, 2.75) is 20.5 Å². The minimum atomic E-state index is -0.153. The van der Waals surface area contributed by atoms with E-state index in [0.717, 1.165) is 16.9 Å². The van der Waals surface area contributed by atoms with E-state index < -0.39 is 0 Å². The van der Waals surface area contributed by atoms with Gasteiger partial charge in [0.1, 0.15) is 29.9 Å². The summed E-state index contributed by atoms with van der Waals surface area (Å²) in [6.45, 7) is 5.26. The Labute approximate surface area is 176 Å². The molecule has 0 spiro atoms. The third kappa shape index (κ3) is 7.14. The molecule has 156 valence electrons. The SMILES string of the molecule is Cc1ccnc(Nc2cc(NCCNC(=O)COCc3ccccc3)nc(C)n2)c1. The molecule has 0 atom stereocenters. The molecule has 1 aromatic carbocycles. The zero-order valence-corrected chi connectivity index (χ0v) is 17.2. The van der Waals surface area contributed by atoms with E-state index >= 15 is 0 Å². The summed E-state index contributed by atoms with van der Waals surface area (Å²) in [7, 11) is 0. The number of aryl methyl sites for hydroxylation is 2. The van der Waals surface area contributed by atoms with Gasteiger partial charge in [-0.25, -0.2) is 15.0 Å². The zero-order valence-electron chi connectivity index (χ0n) is 17.2. The van der Waals surface area contributed by atoms with E-state index in [0.29, 0.717) is 37.2 Å². The number of ether oxygens (including phenoxy) is 1. The Hall–Kier alpha value is -3.52. The summed E-state index contributed by atoms with van der Waals surface area (Å²) in [5.74, 6) is 2.53. The van der Waals surface area contributed by atoms with Crippen LogP contribution in [0.2, 0.25) is 0 Å². The van der Waals surface area contributed by atoms with Crippen LogP contribution < -0.4 is 16.0 Å². The van der Waals surface area contributed by atoms with E-state index in [1.165, 1.54) is 0 Å². The molecular formula is C22H26N6O2. The summed E-state index contributed by atoms with van der Waals surface area (Å²) < 4.78 is 5.43. The van der Waals surface area contributed by atoms with Gasteiger partial charge in [-0.15, -0.1) is 0 Å². The molecule has 8 heteroatoms. The van der Waals surface area contributed by atoms with Crippen molar-refractivity contribution in [1.29, 1.82) is 0 Å². The lowest BCUT2D eigenvalue weighted by Gasteiger charge is -2.11. The average Bonchev–Trinajstić information content (AvgIpc) is 2.72. The Bertz CT molecular complexity index is 965. The normalized spacial score (nSPS) is 10.5. The van der Waals surface area contributed by atoms with Crippen LogP contribution in [0.5, 0.6) is 0 Å². The van der Waals surface area contributed by atoms with E-state index in [9.17, 15) is 4.79 Å². The molecule has 0 aliphatic carbocycles. The Morgan fingerprint density at radius 2 is 1.77 bits per heavy atom. The highest BCUT2D eigenvalue weighted by atomic mass is 16.5. The van der Waals surface area contributed by atoms with Gasteiger partial charge in [0, 0.05) is 25.4 Å². The Balaban J connectivity index is 1.40. The van der Waals surface area contributed by atoms with Crippen molar-refractivity contribution < 1.29 is 9.53 Å². The van der Waals surface area contributed by atoms with Gasteiger partial charge in [0.25, 0.3) is 0 Å². The van der Waals surface area contributed by atoms with Crippen LogP contribution >= 0.6 is 0 Å². The molecule has 0 bridgehead atoms. The maximum absolute atomic E-state index is 11.9. The first-order valence-electron chi connectivity index (χ1n) is 9.76. The quantitative estimate of drug-likeness (QED) is 0.445. The third-order valence-electron chi connectivity index (χ3n) is 4.11. The minimum Gasteiger partial charge on any atom is -0.368 e. The van der Waals surface area contributed by atoms with Crippen LogP contribution in [0.3, 0.4) is 0 Å². The van der Waals surface area contributed by atoms with Crippen LogP contribution in [-0.4, -0.2) is 40.6 Å². The molecule has 3 N–H and O–H groups in total. The molecule has 0 aliphatic heterocycles. The van der Waals surface area contributed by atoms with Crippen LogP contribution in [0.1, 0.15) is 17.0 Å². The number of hydrogen-bond donors (Lipinski definition) is 3. The van der Waals surface area contributed by atoms with Crippen LogP contribution in [0.25, 0.3) is 0 Å². The predicted octanol–water partition coefficient (Wildman–Crippen LogP) is 2.98. The van der Waals surface area contributed by atoms with Crippen molar-refractivity contribution in [1.82, 2.24) is 20.3 Å². The number of aromatic nitrogens is 3. The largest absolute Gasteiger partial charge is 0.368 e. The second-order valence-corrected chi connectivity index (χ2v) is 6.78. The Kier molecular flexibility index (Phi) is 7.68. The second-order valence-electron chi connectivity index (χ2n) is 6.78. The highest BCUT2D eigenvalue weighted by Crippen LogP contribution is 2.16. The molecule has 0 fully saturated rings. The second kappa shape index (κ2) is 10.9. The molecule has 2 aromatic heterocycles. The average molecular weight is 406 g/mol. The van der Waals surface area contributed by atoms with Crippen molar-refractivity contribution in [2.24, 2.45) is 0 Å². The summed E-state index contributed by atoms with van der Waals surface area (Å²) in [5, 5.41) is 9.20. The predicted molar refractivity (Wildman–Crippen MR) is 117 cm³/mol. The summed E-state index contributed by atoms with van der Waals surface area (Å²) >= 11 is 0.